The van der Waals surface area contributed by atoms with Crippen LogP contribution in [-0.2, 0) is 0 Å². The smallest absolute Gasteiger partial charge is 0.335 e. The Balaban J connectivity index is 2.33. The fourth-order valence-corrected chi connectivity index (χ4v) is 1.67. The lowest BCUT2D eigenvalue weighted by Crippen LogP contribution is -2.21. The van der Waals surface area contributed by atoms with Crippen LogP contribution in [0.4, 0.5) is 5.69 Å². The number of carbonyl (C=O) groups excluding carboxylic acids is 1. The van der Waals surface area contributed by atoms with Crippen molar-refractivity contribution in [2.24, 2.45) is 0 Å². The number of pyridine rings is 1. The second-order valence-corrected chi connectivity index (χ2v) is 4.21. The minimum absolute atomic E-state index is 0.0346. The van der Waals surface area contributed by atoms with Crippen LogP contribution in [-0.4, -0.2) is 22.0 Å². The van der Waals surface area contributed by atoms with E-state index in [9.17, 15) is 14.4 Å². The summed E-state index contributed by atoms with van der Waals surface area (Å²) in [4.78, 5) is 37.1. The van der Waals surface area contributed by atoms with E-state index in [-0.39, 0.29) is 11.1 Å². The standard InChI is InChI=1S/C14H12N2O4/c1-8-2-3-9(14(19)20)6-11(8)16-13(18)10-7-15-5-4-12(10)17/h2-7H,1H3,(H,15,17)(H,16,18)(H,19,20). The van der Waals surface area contributed by atoms with Crippen molar-refractivity contribution in [3.05, 3.63) is 63.6 Å². The van der Waals surface area contributed by atoms with Gasteiger partial charge in [-0.15, -0.1) is 0 Å². The van der Waals surface area contributed by atoms with E-state index in [1.54, 1.807) is 13.0 Å². The molecule has 1 amide bonds. The van der Waals surface area contributed by atoms with Gasteiger partial charge in [-0.2, -0.15) is 0 Å². The van der Waals surface area contributed by atoms with Gasteiger partial charge in [0.25, 0.3) is 5.91 Å². The molecule has 0 bridgehead atoms. The number of hydrogen-bond acceptors (Lipinski definition) is 3. The quantitative estimate of drug-likeness (QED) is 0.790. The molecule has 0 radical (unpaired) electrons. The van der Waals surface area contributed by atoms with Gasteiger partial charge in [-0.05, 0) is 24.6 Å². The van der Waals surface area contributed by atoms with E-state index in [1.165, 1.54) is 30.6 Å². The zero-order valence-corrected chi connectivity index (χ0v) is 10.6. The van der Waals surface area contributed by atoms with E-state index in [0.717, 1.165) is 0 Å². The Morgan fingerprint density at radius 1 is 1.25 bits per heavy atom. The number of aromatic nitrogens is 1. The fraction of sp³-hybridized carbons (Fsp3) is 0.0714. The molecule has 102 valence electrons. The molecular weight excluding hydrogens is 260 g/mol. The maximum Gasteiger partial charge on any atom is 0.335 e. The number of rotatable bonds is 3. The van der Waals surface area contributed by atoms with Crippen molar-refractivity contribution in [2.45, 2.75) is 6.92 Å². The van der Waals surface area contributed by atoms with E-state index in [2.05, 4.69) is 10.3 Å². The zero-order chi connectivity index (χ0) is 14.7. The van der Waals surface area contributed by atoms with Crippen LogP contribution < -0.4 is 10.7 Å². The molecule has 0 aliphatic carbocycles. The molecule has 1 aromatic carbocycles. The number of aromatic carboxylic acids is 1. The minimum Gasteiger partial charge on any atom is -0.478 e. The summed E-state index contributed by atoms with van der Waals surface area (Å²) in [5, 5.41) is 11.5. The number of hydrogen-bond donors (Lipinski definition) is 3. The van der Waals surface area contributed by atoms with Crippen LogP contribution in [0.25, 0.3) is 0 Å². The predicted molar refractivity (Wildman–Crippen MR) is 73.2 cm³/mol. The lowest BCUT2D eigenvalue weighted by atomic mass is 10.1. The number of aryl methyl sites for hydroxylation is 1. The van der Waals surface area contributed by atoms with Crippen LogP contribution in [0.3, 0.4) is 0 Å². The topological polar surface area (TPSA) is 99.3 Å². The Morgan fingerprint density at radius 3 is 2.65 bits per heavy atom. The third-order valence-corrected chi connectivity index (χ3v) is 2.80. The molecule has 1 aromatic heterocycles. The van der Waals surface area contributed by atoms with E-state index >= 15 is 0 Å². The summed E-state index contributed by atoms with van der Waals surface area (Å²) in [6.07, 6.45) is 2.73. The van der Waals surface area contributed by atoms with E-state index in [4.69, 9.17) is 5.11 Å². The first-order chi connectivity index (χ1) is 9.49. The Kier molecular flexibility index (Phi) is 3.65. The van der Waals surface area contributed by atoms with E-state index in [0.29, 0.717) is 11.3 Å². The highest BCUT2D eigenvalue weighted by Crippen LogP contribution is 2.17. The average molecular weight is 272 g/mol. The lowest BCUT2D eigenvalue weighted by molar-refractivity contribution is 0.0696. The Bertz CT molecular complexity index is 734. The molecule has 0 saturated carbocycles. The average Bonchev–Trinajstić information content (AvgIpc) is 2.41. The molecule has 3 N–H and O–H groups in total. The SMILES string of the molecule is Cc1ccc(C(=O)O)cc1NC(=O)c1c[nH]ccc1=O. The van der Waals surface area contributed by atoms with Crippen molar-refractivity contribution in [1.29, 1.82) is 0 Å². The van der Waals surface area contributed by atoms with Crippen molar-refractivity contribution in [3.8, 4) is 0 Å². The summed E-state index contributed by atoms with van der Waals surface area (Å²) in [6, 6.07) is 5.64. The van der Waals surface area contributed by atoms with Gasteiger partial charge in [0.15, 0.2) is 5.43 Å². The molecule has 1 heterocycles. The number of benzene rings is 1. The molecule has 0 spiro atoms. The second kappa shape index (κ2) is 5.40. The van der Waals surface area contributed by atoms with Gasteiger partial charge < -0.3 is 15.4 Å². The molecule has 0 aliphatic heterocycles. The number of carboxylic acid groups (broad SMARTS) is 1. The van der Waals surface area contributed by atoms with Gasteiger partial charge in [-0.3, -0.25) is 9.59 Å². The summed E-state index contributed by atoms with van der Waals surface area (Å²) in [7, 11) is 0. The normalized spacial score (nSPS) is 10.1. The van der Waals surface area contributed by atoms with Crippen LogP contribution in [0.5, 0.6) is 0 Å². The highest BCUT2D eigenvalue weighted by Gasteiger charge is 2.12. The van der Waals surface area contributed by atoms with Crippen molar-refractivity contribution >= 4 is 17.6 Å². The first-order valence-electron chi connectivity index (χ1n) is 5.81. The molecule has 20 heavy (non-hydrogen) atoms. The molecule has 0 fully saturated rings. The van der Waals surface area contributed by atoms with Crippen LogP contribution >= 0.6 is 0 Å². The van der Waals surface area contributed by atoms with Gasteiger partial charge in [0.05, 0.1) is 5.56 Å². The maximum absolute atomic E-state index is 12.0. The number of H-pyrrole nitrogens is 1. The third kappa shape index (κ3) is 2.74. The van der Waals surface area contributed by atoms with Crippen LogP contribution in [0.1, 0.15) is 26.3 Å². The number of nitrogens with one attached hydrogen (secondary N) is 2. The number of carbonyl (C=O) groups is 2. The molecule has 0 saturated heterocycles. The van der Waals surface area contributed by atoms with E-state index < -0.39 is 17.3 Å². The molecule has 0 unspecified atom stereocenters. The van der Waals surface area contributed by atoms with Crippen LogP contribution in [0.15, 0.2) is 41.5 Å². The van der Waals surface area contributed by atoms with Crippen LogP contribution in [0, 0.1) is 6.92 Å². The molecule has 6 nitrogen and oxygen atoms in total. The highest BCUT2D eigenvalue weighted by atomic mass is 16.4. The fourth-order valence-electron chi connectivity index (χ4n) is 1.67. The number of carboxylic acids is 1. The summed E-state index contributed by atoms with van der Waals surface area (Å²) < 4.78 is 0. The summed E-state index contributed by atoms with van der Waals surface area (Å²) in [5.41, 5.74) is 0.683. The summed E-state index contributed by atoms with van der Waals surface area (Å²) in [6.45, 7) is 1.73. The summed E-state index contributed by atoms with van der Waals surface area (Å²) in [5.74, 6) is -1.67. The Morgan fingerprint density at radius 2 is 2.00 bits per heavy atom. The monoisotopic (exact) mass is 272 g/mol. The van der Waals surface area contributed by atoms with Crippen LogP contribution in [0.2, 0.25) is 0 Å². The van der Waals surface area contributed by atoms with Gasteiger partial charge >= 0.3 is 5.97 Å². The van der Waals surface area contributed by atoms with Crippen molar-refractivity contribution in [3.63, 3.8) is 0 Å². The van der Waals surface area contributed by atoms with Gasteiger partial charge in [-0.1, -0.05) is 6.07 Å². The predicted octanol–water partition coefficient (Wildman–Crippen LogP) is 1.63. The highest BCUT2D eigenvalue weighted by molar-refractivity contribution is 6.05. The van der Waals surface area contributed by atoms with Crippen molar-refractivity contribution in [1.82, 2.24) is 4.98 Å². The number of amides is 1. The van der Waals surface area contributed by atoms with Gasteiger partial charge in [0.2, 0.25) is 0 Å². The first-order valence-corrected chi connectivity index (χ1v) is 5.81. The largest absolute Gasteiger partial charge is 0.478 e. The van der Waals surface area contributed by atoms with Gasteiger partial charge in [0, 0.05) is 24.1 Å². The molecule has 6 heteroatoms. The second-order valence-electron chi connectivity index (χ2n) is 4.21. The van der Waals surface area contributed by atoms with Crippen molar-refractivity contribution in [2.75, 3.05) is 5.32 Å². The van der Waals surface area contributed by atoms with E-state index in [1.807, 2.05) is 0 Å². The number of aromatic amines is 1. The molecular formula is C14H12N2O4. The van der Waals surface area contributed by atoms with Gasteiger partial charge in [0.1, 0.15) is 5.56 Å². The Labute approximate surface area is 114 Å². The zero-order valence-electron chi connectivity index (χ0n) is 10.6. The lowest BCUT2D eigenvalue weighted by Gasteiger charge is -2.09. The number of anilines is 1. The maximum atomic E-state index is 12.0. The first kappa shape index (κ1) is 13.5. The molecule has 2 aromatic rings. The molecule has 2 rings (SSSR count). The molecule has 0 aliphatic rings. The van der Waals surface area contributed by atoms with Crippen molar-refractivity contribution < 1.29 is 14.7 Å². The molecule has 0 atom stereocenters. The van der Waals surface area contributed by atoms with Gasteiger partial charge in [-0.25, -0.2) is 4.79 Å². The summed E-state index contributed by atoms with van der Waals surface area (Å²) >= 11 is 0. The Hall–Kier alpha value is -2.89. The minimum atomic E-state index is -1.09. The third-order valence-electron chi connectivity index (χ3n) is 2.80.